The number of aryl methyl sites for hydroxylation is 1. The zero-order valence-electron chi connectivity index (χ0n) is 14.4. The Balaban J connectivity index is 1.90. The molecule has 0 aliphatic carbocycles. The lowest BCUT2D eigenvalue weighted by atomic mass is 10.2. The molecule has 2 aromatic heterocycles. The normalized spacial score (nSPS) is 10.8. The van der Waals surface area contributed by atoms with Crippen LogP contribution in [0, 0.1) is 5.82 Å². The number of rotatable bonds is 6. The van der Waals surface area contributed by atoms with Gasteiger partial charge in [-0.15, -0.1) is 0 Å². The van der Waals surface area contributed by atoms with Crippen LogP contribution in [0.25, 0.3) is 11.2 Å². The number of nitrogens with one attached hydrogen (secondary N) is 1. The number of unbranched alkanes of at least 4 members (excludes halogenated alkanes) is 1. The van der Waals surface area contributed by atoms with Crippen molar-refractivity contribution in [2.75, 3.05) is 0 Å². The number of halogens is 1. The van der Waals surface area contributed by atoms with E-state index >= 15 is 0 Å². The Morgan fingerprint density at radius 3 is 2.73 bits per heavy atom. The van der Waals surface area contributed by atoms with E-state index in [2.05, 4.69) is 15.3 Å². The molecule has 0 saturated heterocycles. The molecule has 0 bridgehead atoms. The summed E-state index contributed by atoms with van der Waals surface area (Å²) in [5.41, 5.74) is 1.08. The molecule has 3 aromatic rings. The topological polar surface area (TPSA) is 76.9 Å². The van der Waals surface area contributed by atoms with Crippen molar-refractivity contribution in [3.05, 3.63) is 70.0 Å². The molecule has 1 amide bonds. The van der Waals surface area contributed by atoms with Gasteiger partial charge in [0.15, 0.2) is 11.3 Å². The van der Waals surface area contributed by atoms with Gasteiger partial charge in [0.05, 0.1) is 0 Å². The van der Waals surface area contributed by atoms with E-state index in [1.807, 2.05) is 6.92 Å². The molecule has 0 saturated carbocycles. The van der Waals surface area contributed by atoms with Crippen molar-refractivity contribution in [1.82, 2.24) is 19.9 Å². The van der Waals surface area contributed by atoms with Gasteiger partial charge in [-0.3, -0.25) is 14.2 Å². The maximum Gasteiger partial charge on any atom is 0.283 e. The average molecular weight is 354 g/mol. The van der Waals surface area contributed by atoms with Crippen LogP contribution in [-0.4, -0.2) is 20.4 Å². The number of fused-ring (bicyclic) bond motifs is 1. The zero-order chi connectivity index (χ0) is 18.5. The zero-order valence-corrected chi connectivity index (χ0v) is 14.4. The number of aromatic nitrogens is 3. The van der Waals surface area contributed by atoms with Gasteiger partial charge < -0.3 is 5.32 Å². The molecule has 6 nitrogen and oxygen atoms in total. The lowest BCUT2D eigenvalue weighted by Crippen LogP contribution is -2.34. The first-order valence-corrected chi connectivity index (χ1v) is 8.48. The maximum absolute atomic E-state index is 13.0. The van der Waals surface area contributed by atoms with Crippen molar-refractivity contribution in [3.63, 3.8) is 0 Å². The second kappa shape index (κ2) is 7.86. The van der Waals surface area contributed by atoms with Gasteiger partial charge in [0.2, 0.25) is 0 Å². The molecule has 0 fully saturated rings. The summed E-state index contributed by atoms with van der Waals surface area (Å²) < 4.78 is 14.4. The lowest BCUT2D eigenvalue weighted by Gasteiger charge is -2.11. The SMILES string of the molecule is CCCCn1c(=O)c(C(=O)NCc2ccc(F)cc2)nc2cccnc21. The predicted octanol–water partition coefficient (Wildman–Crippen LogP) is 2.66. The smallest absolute Gasteiger partial charge is 0.283 e. The number of hydrogen-bond donors (Lipinski definition) is 1. The highest BCUT2D eigenvalue weighted by Crippen LogP contribution is 2.09. The van der Waals surface area contributed by atoms with Crippen LogP contribution in [0.15, 0.2) is 47.4 Å². The van der Waals surface area contributed by atoms with Crippen molar-refractivity contribution in [2.24, 2.45) is 0 Å². The van der Waals surface area contributed by atoms with Gasteiger partial charge in [-0.2, -0.15) is 0 Å². The summed E-state index contributed by atoms with van der Waals surface area (Å²) in [4.78, 5) is 33.7. The molecule has 1 aromatic carbocycles. The second-order valence-corrected chi connectivity index (χ2v) is 5.93. The van der Waals surface area contributed by atoms with Crippen LogP contribution < -0.4 is 10.9 Å². The standard InChI is InChI=1S/C19H19FN4O2/c1-2-3-11-24-17-15(5-4-10-21-17)23-16(19(24)26)18(25)22-12-13-6-8-14(20)9-7-13/h4-10H,2-3,11-12H2,1H3,(H,22,25). The molecule has 1 N–H and O–H groups in total. The van der Waals surface area contributed by atoms with E-state index < -0.39 is 11.5 Å². The molecule has 26 heavy (non-hydrogen) atoms. The Kier molecular flexibility index (Phi) is 5.36. The van der Waals surface area contributed by atoms with Crippen molar-refractivity contribution < 1.29 is 9.18 Å². The number of hydrogen-bond acceptors (Lipinski definition) is 4. The van der Waals surface area contributed by atoms with Crippen LogP contribution in [0.1, 0.15) is 35.8 Å². The number of pyridine rings is 1. The van der Waals surface area contributed by atoms with Gasteiger partial charge in [-0.25, -0.2) is 14.4 Å². The summed E-state index contributed by atoms with van der Waals surface area (Å²) in [6, 6.07) is 9.23. The Morgan fingerprint density at radius 1 is 1.23 bits per heavy atom. The van der Waals surface area contributed by atoms with Crippen LogP contribution in [0.5, 0.6) is 0 Å². The first-order valence-electron chi connectivity index (χ1n) is 8.48. The van der Waals surface area contributed by atoms with E-state index in [0.29, 0.717) is 17.7 Å². The lowest BCUT2D eigenvalue weighted by molar-refractivity contribution is 0.0944. The molecular formula is C19H19FN4O2. The predicted molar refractivity (Wildman–Crippen MR) is 96.3 cm³/mol. The van der Waals surface area contributed by atoms with E-state index in [4.69, 9.17) is 0 Å². The first kappa shape index (κ1) is 17.7. The molecule has 0 spiro atoms. The summed E-state index contributed by atoms with van der Waals surface area (Å²) in [5.74, 6) is -0.905. The highest BCUT2D eigenvalue weighted by atomic mass is 19.1. The third kappa shape index (κ3) is 3.77. The highest BCUT2D eigenvalue weighted by Gasteiger charge is 2.17. The van der Waals surface area contributed by atoms with Crippen LogP contribution in [0.4, 0.5) is 4.39 Å². The third-order valence-corrected chi connectivity index (χ3v) is 4.02. The Morgan fingerprint density at radius 2 is 2.00 bits per heavy atom. The van der Waals surface area contributed by atoms with Crippen LogP contribution in [0.2, 0.25) is 0 Å². The number of amides is 1. The van der Waals surface area contributed by atoms with Crippen LogP contribution in [0.3, 0.4) is 0 Å². The third-order valence-electron chi connectivity index (χ3n) is 4.02. The van der Waals surface area contributed by atoms with Crippen molar-refractivity contribution >= 4 is 17.1 Å². The van der Waals surface area contributed by atoms with Gasteiger partial charge in [-0.1, -0.05) is 25.5 Å². The molecule has 0 unspecified atom stereocenters. The molecule has 134 valence electrons. The second-order valence-electron chi connectivity index (χ2n) is 5.93. The quantitative estimate of drug-likeness (QED) is 0.738. The maximum atomic E-state index is 13.0. The highest BCUT2D eigenvalue weighted by molar-refractivity contribution is 5.93. The summed E-state index contributed by atoms with van der Waals surface area (Å²) in [5, 5.41) is 2.67. The molecular weight excluding hydrogens is 335 g/mol. The largest absolute Gasteiger partial charge is 0.346 e. The minimum Gasteiger partial charge on any atom is -0.346 e. The monoisotopic (exact) mass is 354 g/mol. The van der Waals surface area contributed by atoms with Crippen molar-refractivity contribution in [1.29, 1.82) is 0 Å². The molecule has 0 radical (unpaired) electrons. The molecule has 0 atom stereocenters. The average Bonchev–Trinajstić information content (AvgIpc) is 2.66. The van der Waals surface area contributed by atoms with E-state index in [9.17, 15) is 14.0 Å². The Labute approximate surface area is 149 Å². The molecule has 7 heteroatoms. The van der Waals surface area contributed by atoms with Gasteiger partial charge in [0.1, 0.15) is 11.3 Å². The van der Waals surface area contributed by atoms with E-state index in [1.54, 1.807) is 30.5 Å². The summed E-state index contributed by atoms with van der Waals surface area (Å²) in [6.45, 7) is 2.68. The first-order chi connectivity index (χ1) is 12.6. The van der Waals surface area contributed by atoms with Crippen LogP contribution >= 0.6 is 0 Å². The number of nitrogens with zero attached hydrogens (tertiary/aromatic N) is 3. The Hall–Kier alpha value is -3.09. The number of carbonyl (C=O) groups is 1. The molecule has 0 aliphatic rings. The Bertz CT molecular complexity index is 983. The van der Waals surface area contributed by atoms with E-state index in [0.717, 1.165) is 18.4 Å². The number of carbonyl (C=O) groups excluding carboxylic acids is 1. The van der Waals surface area contributed by atoms with E-state index in [1.165, 1.54) is 16.7 Å². The van der Waals surface area contributed by atoms with Gasteiger partial charge >= 0.3 is 0 Å². The van der Waals surface area contributed by atoms with Gasteiger partial charge in [0, 0.05) is 19.3 Å². The summed E-state index contributed by atoms with van der Waals surface area (Å²) in [7, 11) is 0. The molecule has 3 rings (SSSR count). The molecule has 2 heterocycles. The van der Waals surface area contributed by atoms with Crippen molar-refractivity contribution in [2.45, 2.75) is 32.9 Å². The van der Waals surface area contributed by atoms with Gasteiger partial charge in [0.25, 0.3) is 11.5 Å². The minimum atomic E-state index is -0.560. The fourth-order valence-corrected chi connectivity index (χ4v) is 2.62. The van der Waals surface area contributed by atoms with Gasteiger partial charge in [-0.05, 0) is 36.2 Å². The fourth-order valence-electron chi connectivity index (χ4n) is 2.62. The summed E-state index contributed by atoms with van der Waals surface area (Å²) >= 11 is 0. The summed E-state index contributed by atoms with van der Waals surface area (Å²) in [6.07, 6.45) is 3.31. The molecule has 0 aliphatic heterocycles. The minimum absolute atomic E-state index is 0.163. The van der Waals surface area contributed by atoms with E-state index in [-0.39, 0.29) is 18.1 Å². The number of benzene rings is 1. The van der Waals surface area contributed by atoms with Crippen molar-refractivity contribution in [3.8, 4) is 0 Å². The van der Waals surface area contributed by atoms with Crippen LogP contribution in [-0.2, 0) is 13.1 Å². The fraction of sp³-hybridized carbons (Fsp3) is 0.263.